The number of unbranched alkanes of at least 4 members (excludes halogenated alkanes) is 5. The number of carbonyl (C=O) groups excluding carboxylic acids is 3. The van der Waals surface area contributed by atoms with Gasteiger partial charge in [0, 0.05) is 18.2 Å². The van der Waals surface area contributed by atoms with Crippen LogP contribution in [0.2, 0.25) is 0 Å². The number of para-hydroxylation sites is 1. The number of nitrogens with one attached hydrogen (secondary N) is 2. The van der Waals surface area contributed by atoms with Crippen LogP contribution >= 0.6 is 0 Å². The third kappa shape index (κ3) is 11.8. The zero-order valence-corrected chi connectivity index (χ0v) is 23.1. The zero-order chi connectivity index (χ0) is 27.1. The molecule has 0 aliphatic heterocycles. The Bertz CT molecular complexity index is 822. The van der Waals surface area contributed by atoms with Crippen molar-refractivity contribution in [1.29, 1.82) is 0 Å². The number of benzene rings is 1. The SMILES string of the molecule is CCCCCCCCN(C(=O)CNC(=O)OC(C)(C)C)C(C(=O)NC(C)CCC)c1ccccc1O. The summed E-state index contributed by atoms with van der Waals surface area (Å²) in [7, 11) is 0. The fraction of sp³-hybridized carbons (Fsp3) is 0.679. The van der Waals surface area contributed by atoms with E-state index in [0.717, 1.165) is 38.5 Å². The average molecular weight is 506 g/mol. The summed E-state index contributed by atoms with van der Waals surface area (Å²) >= 11 is 0. The molecule has 3 amide bonds. The molecule has 0 saturated carbocycles. The van der Waals surface area contributed by atoms with Crippen LogP contribution in [0, 0.1) is 0 Å². The lowest BCUT2D eigenvalue weighted by molar-refractivity contribution is -0.140. The van der Waals surface area contributed by atoms with E-state index in [-0.39, 0.29) is 24.2 Å². The van der Waals surface area contributed by atoms with Gasteiger partial charge in [0.25, 0.3) is 0 Å². The maximum Gasteiger partial charge on any atom is 0.408 e. The average Bonchev–Trinajstić information content (AvgIpc) is 2.78. The smallest absolute Gasteiger partial charge is 0.408 e. The Morgan fingerprint density at radius 1 is 1.00 bits per heavy atom. The minimum atomic E-state index is -1.02. The summed E-state index contributed by atoms with van der Waals surface area (Å²) in [5.41, 5.74) is -0.339. The first kappa shape index (κ1) is 31.3. The summed E-state index contributed by atoms with van der Waals surface area (Å²) < 4.78 is 5.26. The first-order valence-corrected chi connectivity index (χ1v) is 13.3. The molecule has 204 valence electrons. The van der Waals surface area contributed by atoms with Gasteiger partial charge in [0.15, 0.2) is 0 Å². The van der Waals surface area contributed by atoms with Crippen molar-refractivity contribution < 1.29 is 24.2 Å². The summed E-state index contributed by atoms with van der Waals surface area (Å²) in [6, 6.07) is 5.48. The molecule has 0 heterocycles. The second-order valence-electron chi connectivity index (χ2n) is 10.4. The molecule has 36 heavy (non-hydrogen) atoms. The van der Waals surface area contributed by atoms with Crippen molar-refractivity contribution in [3.8, 4) is 5.75 Å². The number of phenols is 1. The Kier molecular flexibility index (Phi) is 14.0. The summed E-state index contributed by atoms with van der Waals surface area (Å²) in [6.45, 7) is 11.4. The number of hydrogen-bond donors (Lipinski definition) is 3. The maximum atomic E-state index is 13.5. The summed E-state index contributed by atoms with van der Waals surface area (Å²) in [5.74, 6) is -0.823. The van der Waals surface area contributed by atoms with E-state index in [0.29, 0.717) is 18.5 Å². The number of hydrogen-bond acceptors (Lipinski definition) is 5. The van der Waals surface area contributed by atoms with Crippen molar-refractivity contribution in [2.24, 2.45) is 0 Å². The standard InChI is InChI=1S/C28H47N3O5/c1-7-9-10-11-12-15-19-31(24(33)20-29-27(35)36-28(4,5)6)25(22-17-13-14-18-23(22)32)26(34)30-21(3)16-8-2/h13-14,17-18,21,25,32H,7-12,15-16,19-20H2,1-6H3,(H,29,35)(H,30,34). The third-order valence-electron chi connectivity index (χ3n) is 5.76. The topological polar surface area (TPSA) is 108 Å². The Balaban J connectivity index is 3.18. The first-order valence-electron chi connectivity index (χ1n) is 13.3. The lowest BCUT2D eigenvalue weighted by atomic mass is 10.0. The van der Waals surface area contributed by atoms with Crippen LogP contribution in [0.5, 0.6) is 5.75 Å². The van der Waals surface area contributed by atoms with Crippen molar-refractivity contribution in [2.45, 2.75) is 111 Å². The largest absolute Gasteiger partial charge is 0.508 e. The van der Waals surface area contributed by atoms with Gasteiger partial charge < -0.3 is 25.4 Å². The molecule has 1 aromatic rings. The summed E-state index contributed by atoms with van der Waals surface area (Å²) in [4.78, 5) is 40.6. The second-order valence-corrected chi connectivity index (χ2v) is 10.4. The van der Waals surface area contributed by atoms with E-state index in [2.05, 4.69) is 17.6 Å². The van der Waals surface area contributed by atoms with Crippen LogP contribution in [0.3, 0.4) is 0 Å². The van der Waals surface area contributed by atoms with Crippen molar-refractivity contribution in [3.63, 3.8) is 0 Å². The molecule has 0 aromatic heterocycles. The van der Waals surface area contributed by atoms with Crippen molar-refractivity contribution in [1.82, 2.24) is 15.5 Å². The summed E-state index contributed by atoms with van der Waals surface area (Å²) in [5, 5.41) is 16.1. The van der Waals surface area contributed by atoms with E-state index in [4.69, 9.17) is 4.74 Å². The molecule has 0 radical (unpaired) electrons. The molecule has 0 aliphatic carbocycles. The Hall–Kier alpha value is -2.77. The second kappa shape index (κ2) is 16.1. The molecule has 0 aliphatic rings. The molecule has 2 unspecified atom stereocenters. The molecule has 2 atom stereocenters. The fourth-order valence-corrected chi connectivity index (χ4v) is 4.02. The zero-order valence-electron chi connectivity index (χ0n) is 23.1. The van der Waals surface area contributed by atoms with E-state index in [1.165, 1.54) is 17.4 Å². The van der Waals surface area contributed by atoms with Gasteiger partial charge in [0.2, 0.25) is 11.8 Å². The van der Waals surface area contributed by atoms with Crippen LogP contribution in [0.1, 0.15) is 105 Å². The third-order valence-corrected chi connectivity index (χ3v) is 5.76. The van der Waals surface area contributed by atoms with Crippen LogP contribution in [0.15, 0.2) is 24.3 Å². The van der Waals surface area contributed by atoms with Crippen LogP contribution < -0.4 is 10.6 Å². The van der Waals surface area contributed by atoms with Crippen molar-refractivity contribution >= 4 is 17.9 Å². The van der Waals surface area contributed by atoms with Gasteiger partial charge in [-0.15, -0.1) is 0 Å². The van der Waals surface area contributed by atoms with Crippen LogP contribution in [-0.2, 0) is 14.3 Å². The highest BCUT2D eigenvalue weighted by Gasteiger charge is 2.33. The van der Waals surface area contributed by atoms with Crippen molar-refractivity contribution in [2.75, 3.05) is 13.1 Å². The number of amides is 3. The van der Waals surface area contributed by atoms with E-state index in [1.807, 2.05) is 13.8 Å². The van der Waals surface area contributed by atoms with Crippen molar-refractivity contribution in [3.05, 3.63) is 29.8 Å². The molecule has 1 aromatic carbocycles. The molecule has 3 N–H and O–H groups in total. The number of ether oxygens (including phenoxy) is 1. The molecule has 0 saturated heterocycles. The van der Waals surface area contributed by atoms with Gasteiger partial charge in [-0.05, 0) is 46.6 Å². The van der Waals surface area contributed by atoms with E-state index < -0.39 is 23.6 Å². The molecule has 8 heteroatoms. The van der Waals surface area contributed by atoms with E-state index in [9.17, 15) is 19.5 Å². The minimum absolute atomic E-state index is 0.0540. The predicted molar refractivity (Wildman–Crippen MR) is 143 cm³/mol. The van der Waals surface area contributed by atoms with Gasteiger partial charge in [-0.3, -0.25) is 9.59 Å². The Morgan fingerprint density at radius 3 is 2.25 bits per heavy atom. The Labute approximate surface area is 217 Å². The molecule has 1 rings (SSSR count). The fourth-order valence-electron chi connectivity index (χ4n) is 4.02. The lowest BCUT2D eigenvalue weighted by Gasteiger charge is -2.33. The van der Waals surface area contributed by atoms with Gasteiger partial charge >= 0.3 is 6.09 Å². The highest BCUT2D eigenvalue weighted by molar-refractivity contribution is 5.91. The first-order chi connectivity index (χ1) is 17.0. The van der Waals surface area contributed by atoms with Gasteiger partial charge in [0.1, 0.15) is 23.9 Å². The van der Waals surface area contributed by atoms with E-state index >= 15 is 0 Å². The molecular formula is C28H47N3O5. The Morgan fingerprint density at radius 2 is 1.64 bits per heavy atom. The van der Waals surface area contributed by atoms with Crippen LogP contribution in [0.4, 0.5) is 4.79 Å². The number of nitrogens with zero attached hydrogens (tertiary/aromatic N) is 1. The highest BCUT2D eigenvalue weighted by atomic mass is 16.6. The van der Waals surface area contributed by atoms with Gasteiger partial charge in [-0.25, -0.2) is 4.79 Å². The molecule has 0 fully saturated rings. The molecule has 0 spiro atoms. The normalized spacial score (nSPS) is 12.9. The quantitative estimate of drug-likeness (QED) is 0.275. The number of phenolic OH excluding ortho intramolecular Hbond substituents is 1. The van der Waals surface area contributed by atoms with Crippen LogP contribution in [-0.4, -0.2) is 52.6 Å². The highest BCUT2D eigenvalue weighted by Crippen LogP contribution is 2.30. The number of alkyl carbamates (subject to hydrolysis) is 1. The van der Waals surface area contributed by atoms with Crippen LogP contribution in [0.25, 0.3) is 0 Å². The molecular weight excluding hydrogens is 458 g/mol. The van der Waals surface area contributed by atoms with Gasteiger partial charge in [-0.2, -0.15) is 0 Å². The number of rotatable bonds is 15. The monoisotopic (exact) mass is 505 g/mol. The van der Waals surface area contributed by atoms with Gasteiger partial charge in [-0.1, -0.05) is 70.6 Å². The minimum Gasteiger partial charge on any atom is -0.508 e. The molecule has 0 bridgehead atoms. The van der Waals surface area contributed by atoms with Gasteiger partial charge in [0.05, 0.1) is 0 Å². The summed E-state index contributed by atoms with van der Waals surface area (Å²) in [6.07, 6.45) is 7.13. The predicted octanol–water partition coefficient (Wildman–Crippen LogP) is 5.45. The number of carbonyl (C=O) groups is 3. The lowest BCUT2D eigenvalue weighted by Crippen LogP contribution is -2.49. The number of aromatic hydroxyl groups is 1. The maximum absolute atomic E-state index is 13.5. The molecule has 8 nitrogen and oxygen atoms in total. The van der Waals surface area contributed by atoms with E-state index in [1.54, 1.807) is 39.0 Å².